The number of nitrogens with one attached hydrogen (secondary N) is 1. The van der Waals surface area contributed by atoms with Crippen LogP contribution in [-0.4, -0.2) is 19.6 Å². The molecule has 0 saturated carbocycles. The van der Waals surface area contributed by atoms with Gasteiger partial charge in [-0.3, -0.25) is 4.79 Å². The van der Waals surface area contributed by atoms with Gasteiger partial charge in [0.2, 0.25) is 5.91 Å². The lowest BCUT2D eigenvalue weighted by Crippen LogP contribution is -2.15. The molecule has 5 heteroatoms. The summed E-state index contributed by atoms with van der Waals surface area (Å²) in [4.78, 5) is 12.4. The van der Waals surface area contributed by atoms with Gasteiger partial charge in [-0.1, -0.05) is 12.1 Å². The van der Waals surface area contributed by atoms with Crippen molar-refractivity contribution in [2.75, 3.05) is 19.0 Å². The van der Waals surface area contributed by atoms with Crippen LogP contribution in [-0.2, 0) is 11.2 Å². The third-order valence-electron chi connectivity index (χ3n) is 3.67. The molecule has 1 heterocycles. The van der Waals surface area contributed by atoms with Crippen LogP contribution in [0.3, 0.4) is 0 Å². The zero-order valence-electron chi connectivity index (χ0n) is 13.7. The number of methoxy groups -OCH3 is 1. The van der Waals surface area contributed by atoms with Crippen molar-refractivity contribution < 1.29 is 18.7 Å². The Kier molecular flexibility index (Phi) is 4.70. The molecule has 0 fully saturated rings. The first-order chi connectivity index (χ1) is 11.7. The number of carbonyl (C=O) groups is 1. The first kappa shape index (κ1) is 15.9. The molecule has 0 aliphatic heterocycles. The van der Waals surface area contributed by atoms with E-state index in [0.717, 1.165) is 16.7 Å². The second kappa shape index (κ2) is 7.08. The minimum atomic E-state index is -0.124. The molecule has 5 nitrogen and oxygen atoms in total. The third kappa shape index (κ3) is 3.35. The van der Waals surface area contributed by atoms with Gasteiger partial charge in [-0.2, -0.15) is 0 Å². The number of fused-ring (bicyclic) bond motifs is 1. The maximum absolute atomic E-state index is 12.4. The lowest BCUT2D eigenvalue weighted by Gasteiger charge is -2.10. The Bertz CT molecular complexity index is 853. The van der Waals surface area contributed by atoms with Crippen LogP contribution in [0.2, 0.25) is 0 Å². The van der Waals surface area contributed by atoms with Gasteiger partial charge in [0.25, 0.3) is 0 Å². The predicted octanol–water partition coefficient (Wildman–Crippen LogP) is 4.02. The van der Waals surface area contributed by atoms with Crippen LogP contribution in [0.25, 0.3) is 11.0 Å². The van der Waals surface area contributed by atoms with E-state index in [4.69, 9.17) is 13.9 Å². The second-order valence-electron chi connectivity index (χ2n) is 5.28. The summed E-state index contributed by atoms with van der Waals surface area (Å²) in [5.41, 5.74) is 2.20. The minimum absolute atomic E-state index is 0.124. The Labute approximate surface area is 140 Å². The fourth-order valence-corrected chi connectivity index (χ4v) is 2.55. The molecule has 0 atom stereocenters. The quantitative estimate of drug-likeness (QED) is 0.743. The van der Waals surface area contributed by atoms with Crippen molar-refractivity contribution in [2.24, 2.45) is 0 Å². The standard InChI is InChI=1S/C19H19NO4/c1-3-23-17-7-5-4-6-16(17)20-19(21)10-13-12-24-18-11-14(22-2)8-9-15(13)18/h4-9,11-12H,3,10H2,1-2H3,(H,20,21). The summed E-state index contributed by atoms with van der Waals surface area (Å²) in [6, 6.07) is 12.9. The van der Waals surface area contributed by atoms with Gasteiger partial charge in [0.15, 0.2) is 0 Å². The van der Waals surface area contributed by atoms with Crippen molar-refractivity contribution in [2.45, 2.75) is 13.3 Å². The molecule has 0 aliphatic carbocycles. The summed E-state index contributed by atoms with van der Waals surface area (Å²) in [6.45, 7) is 2.45. The molecule has 1 N–H and O–H groups in total. The average Bonchev–Trinajstić information content (AvgIpc) is 2.99. The Balaban J connectivity index is 1.76. The number of rotatable bonds is 6. The van der Waals surface area contributed by atoms with Gasteiger partial charge in [-0.15, -0.1) is 0 Å². The molecule has 1 aromatic heterocycles. The number of furan rings is 1. The van der Waals surface area contributed by atoms with Crippen molar-refractivity contribution in [1.29, 1.82) is 0 Å². The largest absolute Gasteiger partial charge is 0.497 e. The highest BCUT2D eigenvalue weighted by Crippen LogP contribution is 2.27. The van der Waals surface area contributed by atoms with Gasteiger partial charge in [0, 0.05) is 17.0 Å². The number of hydrogen-bond acceptors (Lipinski definition) is 4. The number of para-hydroxylation sites is 2. The summed E-state index contributed by atoms with van der Waals surface area (Å²) in [7, 11) is 1.61. The van der Waals surface area contributed by atoms with E-state index in [2.05, 4.69) is 5.32 Å². The molecule has 0 saturated heterocycles. The van der Waals surface area contributed by atoms with E-state index in [1.54, 1.807) is 19.4 Å². The Morgan fingerprint density at radius 2 is 2.04 bits per heavy atom. The molecule has 3 rings (SSSR count). The Morgan fingerprint density at radius 3 is 2.83 bits per heavy atom. The average molecular weight is 325 g/mol. The fourth-order valence-electron chi connectivity index (χ4n) is 2.55. The summed E-state index contributed by atoms with van der Waals surface area (Å²) in [5, 5.41) is 3.80. The maximum atomic E-state index is 12.4. The van der Waals surface area contributed by atoms with Gasteiger partial charge in [0.1, 0.15) is 17.1 Å². The minimum Gasteiger partial charge on any atom is -0.497 e. The first-order valence-corrected chi connectivity index (χ1v) is 7.77. The van der Waals surface area contributed by atoms with Gasteiger partial charge >= 0.3 is 0 Å². The van der Waals surface area contributed by atoms with E-state index in [9.17, 15) is 4.79 Å². The summed E-state index contributed by atoms with van der Waals surface area (Å²) in [5.74, 6) is 1.26. The monoisotopic (exact) mass is 325 g/mol. The van der Waals surface area contributed by atoms with Crippen LogP contribution >= 0.6 is 0 Å². The number of hydrogen-bond donors (Lipinski definition) is 1. The first-order valence-electron chi connectivity index (χ1n) is 7.77. The summed E-state index contributed by atoms with van der Waals surface area (Å²) < 4.78 is 16.2. The van der Waals surface area contributed by atoms with E-state index in [1.807, 2.05) is 43.3 Å². The smallest absolute Gasteiger partial charge is 0.229 e. The van der Waals surface area contributed by atoms with Crippen molar-refractivity contribution in [3.05, 3.63) is 54.3 Å². The third-order valence-corrected chi connectivity index (χ3v) is 3.67. The molecular formula is C19H19NO4. The van der Waals surface area contributed by atoms with Gasteiger partial charge < -0.3 is 19.2 Å². The van der Waals surface area contributed by atoms with E-state index in [1.165, 1.54) is 0 Å². The molecule has 2 aromatic carbocycles. The normalized spacial score (nSPS) is 10.6. The van der Waals surface area contributed by atoms with Gasteiger partial charge in [-0.05, 0) is 31.2 Å². The lowest BCUT2D eigenvalue weighted by molar-refractivity contribution is -0.115. The van der Waals surface area contributed by atoms with E-state index in [0.29, 0.717) is 23.6 Å². The molecule has 0 bridgehead atoms. The SMILES string of the molecule is CCOc1ccccc1NC(=O)Cc1coc2cc(OC)ccc12. The molecule has 0 unspecified atom stereocenters. The molecule has 0 radical (unpaired) electrons. The molecule has 3 aromatic rings. The second-order valence-corrected chi connectivity index (χ2v) is 5.28. The van der Waals surface area contributed by atoms with E-state index in [-0.39, 0.29) is 12.3 Å². The highest BCUT2D eigenvalue weighted by molar-refractivity contribution is 5.96. The number of amides is 1. The topological polar surface area (TPSA) is 60.7 Å². The van der Waals surface area contributed by atoms with Crippen LogP contribution < -0.4 is 14.8 Å². The van der Waals surface area contributed by atoms with Crippen LogP contribution in [0.15, 0.2) is 53.1 Å². The molecule has 0 spiro atoms. The Hall–Kier alpha value is -2.95. The Morgan fingerprint density at radius 1 is 1.21 bits per heavy atom. The van der Waals surface area contributed by atoms with E-state index >= 15 is 0 Å². The van der Waals surface area contributed by atoms with Crippen LogP contribution in [0.5, 0.6) is 11.5 Å². The van der Waals surface area contributed by atoms with Gasteiger partial charge in [-0.25, -0.2) is 0 Å². The van der Waals surface area contributed by atoms with E-state index < -0.39 is 0 Å². The van der Waals surface area contributed by atoms with Crippen molar-refractivity contribution in [3.8, 4) is 11.5 Å². The maximum Gasteiger partial charge on any atom is 0.229 e. The predicted molar refractivity (Wildman–Crippen MR) is 92.7 cm³/mol. The summed E-state index contributed by atoms with van der Waals surface area (Å²) in [6.07, 6.45) is 1.83. The highest BCUT2D eigenvalue weighted by atomic mass is 16.5. The zero-order valence-corrected chi connectivity index (χ0v) is 13.7. The van der Waals surface area contributed by atoms with Crippen LogP contribution in [0.1, 0.15) is 12.5 Å². The number of ether oxygens (including phenoxy) is 2. The molecule has 124 valence electrons. The number of carbonyl (C=O) groups excluding carboxylic acids is 1. The molecule has 24 heavy (non-hydrogen) atoms. The summed E-state index contributed by atoms with van der Waals surface area (Å²) >= 11 is 0. The van der Waals surface area contributed by atoms with Gasteiger partial charge in [0.05, 0.1) is 32.1 Å². The molecule has 0 aliphatic rings. The number of anilines is 1. The van der Waals surface area contributed by atoms with Crippen LogP contribution in [0.4, 0.5) is 5.69 Å². The molecule has 1 amide bonds. The zero-order chi connectivity index (χ0) is 16.9. The van der Waals surface area contributed by atoms with Crippen molar-refractivity contribution >= 4 is 22.6 Å². The highest BCUT2D eigenvalue weighted by Gasteiger charge is 2.13. The number of benzene rings is 2. The van der Waals surface area contributed by atoms with Crippen LogP contribution in [0, 0.1) is 0 Å². The lowest BCUT2D eigenvalue weighted by atomic mass is 10.1. The van der Waals surface area contributed by atoms with Crippen molar-refractivity contribution in [1.82, 2.24) is 0 Å². The van der Waals surface area contributed by atoms with Crippen molar-refractivity contribution in [3.63, 3.8) is 0 Å². The molecular weight excluding hydrogens is 306 g/mol. The fraction of sp³-hybridized carbons (Fsp3) is 0.211.